The third-order valence-corrected chi connectivity index (χ3v) is 7.76. The third kappa shape index (κ3) is 9.08. The van der Waals surface area contributed by atoms with Crippen molar-refractivity contribution in [3.8, 4) is 11.4 Å². The molecule has 0 fully saturated rings. The van der Waals surface area contributed by atoms with Crippen molar-refractivity contribution < 1.29 is 45.1 Å². The molecule has 0 aliphatic heterocycles. The molecule has 8 N–H and O–H groups in total. The van der Waals surface area contributed by atoms with Crippen LogP contribution in [0.15, 0.2) is 53.4 Å². The molecule has 0 aliphatic rings. The molecule has 0 bridgehead atoms. The molecular formula is C30H40FN4O7S+. The molecule has 3 aromatic rings. The lowest BCUT2D eigenvalue weighted by Crippen LogP contribution is -2.51. The van der Waals surface area contributed by atoms with Crippen LogP contribution in [0.5, 0.6) is 0 Å². The molecule has 0 saturated carbocycles. The second-order valence-electron chi connectivity index (χ2n) is 10.5. The van der Waals surface area contributed by atoms with Crippen molar-refractivity contribution in [3.63, 3.8) is 0 Å². The van der Waals surface area contributed by atoms with Crippen molar-refractivity contribution in [1.29, 1.82) is 0 Å². The lowest BCUT2D eigenvalue weighted by Gasteiger charge is -2.23. The highest BCUT2D eigenvalue weighted by atomic mass is 32.2. The summed E-state index contributed by atoms with van der Waals surface area (Å²) in [6.07, 6.45) is -1.64. The summed E-state index contributed by atoms with van der Waals surface area (Å²) >= 11 is 1.55. The van der Waals surface area contributed by atoms with Crippen molar-refractivity contribution in [2.75, 3.05) is 12.9 Å². The largest absolute Gasteiger partial charge is 0.394 e. The predicted molar refractivity (Wildman–Crippen MR) is 158 cm³/mol. The van der Waals surface area contributed by atoms with Gasteiger partial charge in [0.1, 0.15) is 23.4 Å². The van der Waals surface area contributed by atoms with Gasteiger partial charge in [-0.2, -0.15) is 5.90 Å². The number of hydrogen-bond donors (Lipinski definition) is 6. The van der Waals surface area contributed by atoms with E-state index in [9.17, 15) is 34.4 Å². The van der Waals surface area contributed by atoms with Crippen LogP contribution in [-0.2, 0) is 16.2 Å². The average Bonchev–Trinajstić information content (AvgIpc) is 3.38. The van der Waals surface area contributed by atoms with Crippen LogP contribution < -0.4 is 11.2 Å². The van der Waals surface area contributed by atoms with Gasteiger partial charge < -0.3 is 30.3 Å². The van der Waals surface area contributed by atoms with Gasteiger partial charge in [-0.15, -0.1) is 11.8 Å². The molecule has 3 rings (SSSR count). The van der Waals surface area contributed by atoms with E-state index < -0.39 is 48.7 Å². The molecule has 13 heteroatoms. The van der Waals surface area contributed by atoms with Crippen molar-refractivity contribution in [1.82, 2.24) is 14.9 Å². The number of nitrogens with one attached hydrogen (secondary N) is 1. The van der Waals surface area contributed by atoms with E-state index >= 15 is 0 Å². The quantitative estimate of drug-likeness (QED) is 0.109. The zero-order chi connectivity index (χ0) is 31.7. The van der Waals surface area contributed by atoms with Crippen LogP contribution in [0.3, 0.4) is 0 Å². The Hall–Kier alpha value is -3.33. The molecule has 11 nitrogen and oxygen atoms in total. The van der Waals surface area contributed by atoms with Gasteiger partial charge >= 0.3 is 5.97 Å². The molecule has 0 saturated heterocycles. The number of hydrogen-bond acceptors (Lipinski definition) is 9. The first kappa shape index (κ1) is 34.2. The maximum Gasteiger partial charge on any atom is 0.368 e. The van der Waals surface area contributed by atoms with Crippen LogP contribution in [-0.4, -0.2) is 73.0 Å². The van der Waals surface area contributed by atoms with Gasteiger partial charge in [-0.05, 0) is 67.0 Å². The highest BCUT2D eigenvalue weighted by Crippen LogP contribution is 2.30. The fourth-order valence-corrected chi connectivity index (χ4v) is 5.21. The van der Waals surface area contributed by atoms with Crippen LogP contribution in [0.1, 0.15) is 66.9 Å². The van der Waals surface area contributed by atoms with Gasteiger partial charge in [-0.3, -0.25) is 9.63 Å². The Morgan fingerprint density at radius 2 is 1.72 bits per heavy atom. The smallest absolute Gasteiger partial charge is 0.368 e. The molecule has 0 radical (unpaired) electrons. The second kappa shape index (κ2) is 15.9. The second-order valence-corrected chi connectivity index (χ2v) is 11.4. The van der Waals surface area contributed by atoms with Crippen LogP contribution in [0.4, 0.5) is 4.39 Å². The third-order valence-electron chi connectivity index (χ3n) is 7.02. The number of halogens is 1. The Morgan fingerprint density at radius 3 is 2.28 bits per heavy atom. The Morgan fingerprint density at radius 1 is 1.07 bits per heavy atom. The Labute approximate surface area is 253 Å². The Bertz CT molecular complexity index is 1350. The minimum absolute atomic E-state index is 0.0606. The molecule has 234 valence electrons. The van der Waals surface area contributed by atoms with Crippen LogP contribution in [0.25, 0.3) is 11.4 Å². The van der Waals surface area contributed by atoms with E-state index in [1.165, 1.54) is 24.3 Å². The fourth-order valence-electron chi connectivity index (χ4n) is 4.80. The van der Waals surface area contributed by atoms with Crippen LogP contribution >= 0.6 is 11.8 Å². The summed E-state index contributed by atoms with van der Waals surface area (Å²) in [6, 6.07) is 11.7. The molecule has 1 amide bonds. The standard InChI is InChI=1S/C30H39FN4O7S/c1-17(2)27-26(30(41)33-24(16-36)28(40)18-6-10-23(43-3)11-7-18)34-29(19-4-8-20(31)9-5-19)35(27)13-12-21(37)14-22(38)15-25(39)42-32/h4-11,17,21-22,24,28,36-38,40H,12-16H2,1-3,32H3/p+1. The highest BCUT2D eigenvalue weighted by molar-refractivity contribution is 7.98. The number of amides is 1. The van der Waals surface area contributed by atoms with Gasteiger partial charge in [-0.1, -0.05) is 26.0 Å². The van der Waals surface area contributed by atoms with Crippen LogP contribution in [0.2, 0.25) is 0 Å². The molecule has 4 unspecified atom stereocenters. The van der Waals surface area contributed by atoms with E-state index in [2.05, 4.69) is 21.0 Å². The number of carbonyl (C=O) groups excluding carboxylic acids is 2. The molecule has 4 atom stereocenters. The van der Waals surface area contributed by atoms with Crippen molar-refractivity contribution in [2.45, 2.75) is 74.8 Å². The summed E-state index contributed by atoms with van der Waals surface area (Å²) in [6.45, 7) is 3.39. The van der Waals surface area contributed by atoms with Gasteiger partial charge in [0, 0.05) is 17.0 Å². The molecule has 0 spiro atoms. The lowest BCUT2D eigenvalue weighted by molar-refractivity contribution is -0.657. The van der Waals surface area contributed by atoms with Gasteiger partial charge in [-0.25, -0.2) is 14.2 Å². The van der Waals surface area contributed by atoms with Gasteiger partial charge in [0.15, 0.2) is 0 Å². The number of rotatable bonds is 15. The summed E-state index contributed by atoms with van der Waals surface area (Å²) in [5.74, 6) is 1.38. The minimum atomic E-state index is -1.19. The first-order chi connectivity index (χ1) is 20.5. The summed E-state index contributed by atoms with van der Waals surface area (Å²) < 4.78 is 15.5. The molecular weight excluding hydrogens is 579 g/mol. The summed E-state index contributed by atoms with van der Waals surface area (Å²) in [7, 11) is 0. The minimum Gasteiger partial charge on any atom is -0.394 e. The predicted octanol–water partition coefficient (Wildman–Crippen LogP) is 1.95. The maximum atomic E-state index is 13.7. The number of nitrogens with zero attached hydrogens (tertiary/aromatic N) is 2. The molecule has 1 heterocycles. The average molecular weight is 620 g/mol. The number of thioether (sulfide) groups is 1. The van der Waals surface area contributed by atoms with Gasteiger partial charge in [0.05, 0.1) is 37.0 Å². The fraction of sp³-hybridized carbons (Fsp3) is 0.433. The lowest BCUT2D eigenvalue weighted by atomic mass is 10.0. The number of benzene rings is 2. The van der Waals surface area contributed by atoms with Crippen molar-refractivity contribution >= 4 is 23.6 Å². The SMILES string of the molecule is CSc1ccc(C(O)C(CO)NC(=O)c2nc(-c3ccc(F)cc3)n(CCC(O)CC(O)CC(=O)O[NH3+])c2C(C)C)cc1. The van der Waals surface area contributed by atoms with E-state index in [1.807, 2.05) is 32.2 Å². The first-order valence-corrected chi connectivity index (χ1v) is 15.1. The van der Waals surface area contributed by atoms with E-state index in [4.69, 9.17) is 0 Å². The highest BCUT2D eigenvalue weighted by Gasteiger charge is 2.29. The number of imidazole rings is 1. The normalized spacial score (nSPS) is 14.3. The topological polar surface area (TPSA) is 182 Å². The molecule has 2 aromatic carbocycles. The monoisotopic (exact) mass is 619 g/mol. The van der Waals surface area contributed by atoms with E-state index in [0.717, 1.165) is 4.90 Å². The molecule has 43 heavy (non-hydrogen) atoms. The van der Waals surface area contributed by atoms with Gasteiger partial charge in [0.25, 0.3) is 5.91 Å². The Balaban J connectivity index is 1.92. The number of aliphatic hydroxyl groups is 4. The van der Waals surface area contributed by atoms with Crippen molar-refractivity contribution in [2.24, 2.45) is 0 Å². The summed E-state index contributed by atoms with van der Waals surface area (Å²) in [5, 5.41) is 44.5. The number of quaternary nitrogens is 1. The number of aliphatic hydroxyl groups excluding tert-OH is 4. The summed E-state index contributed by atoms with van der Waals surface area (Å²) in [5.41, 5.74) is 1.65. The zero-order valence-corrected chi connectivity index (χ0v) is 25.3. The zero-order valence-electron chi connectivity index (χ0n) is 24.4. The first-order valence-electron chi connectivity index (χ1n) is 13.9. The molecule has 0 aliphatic carbocycles. The summed E-state index contributed by atoms with van der Waals surface area (Å²) in [4.78, 5) is 35.0. The Kier molecular flexibility index (Phi) is 12.7. The number of carbonyl (C=O) groups is 2. The molecule has 1 aromatic heterocycles. The van der Waals surface area contributed by atoms with E-state index in [-0.39, 0.29) is 37.4 Å². The number of aromatic nitrogens is 2. The maximum absolute atomic E-state index is 13.7. The van der Waals surface area contributed by atoms with E-state index in [0.29, 0.717) is 22.6 Å². The van der Waals surface area contributed by atoms with Crippen molar-refractivity contribution in [3.05, 3.63) is 71.3 Å². The van der Waals surface area contributed by atoms with E-state index in [1.54, 1.807) is 28.5 Å². The van der Waals surface area contributed by atoms with Crippen LogP contribution in [0, 0.1) is 5.82 Å². The van der Waals surface area contributed by atoms with Gasteiger partial charge in [0.2, 0.25) is 0 Å².